The highest BCUT2D eigenvalue weighted by atomic mass is 16.2. The first kappa shape index (κ1) is 11.4. The molecule has 0 aromatic heterocycles. The van der Waals surface area contributed by atoms with Crippen LogP contribution in [-0.4, -0.2) is 11.6 Å². The Morgan fingerprint density at radius 2 is 2.00 bits per heavy atom. The van der Waals surface area contributed by atoms with E-state index in [9.17, 15) is 4.79 Å². The number of nitriles is 2. The lowest BCUT2D eigenvalue weighted by molar-refractivity contribution is -0.120. The smallest absolute Gasteiger partial charge is 0.254 e. The number of hydrogen-bond donors (Lipinski definition) is 1. The van der Waals surface area contributed by atoms with E-state index < -0.39 is 5.91 Å². The molecule has 0 fully saturated rings. The standard InChI is InChI=1S/C11H8N4O/c12-7-6-11(16)15-14-10(8-13)9-4-2-1-3-5-9/h1-5H,6H2,(H,15,16)/b14-10+. The Balaban J connectivity index is 2.78. The van der Waals surface area contributed by atoms with Crippen molar-refractivity contribution in [3.8, 4) is 12.1 Å². The number of rotatable bonds is 3. The van der Waals surface area contributed by atoms with E-state index >= 15 is 0 Å². The molecule has 0 aliphatic heterocycles. The maximum Gasteiger partial charge on any atom is 0.254 e. The van der Waals surface area contributed by atoms with Crippen molar-refractivity contribution in [1.29, 1.82) is 10.5 Å². The van der Waals surface area contributed by atoms with Gasteiger partial charge in [0.15, 0.2) is 5.71 Å². The highest BCUT2D eigenvalue weighted by Crippen LogP contribution is 1.99. The van der Waals surface area contributed by atoms with E-state index in [4.69, 9.17) is 10.5 Å². The van der Waals surface area contributed by atoms with E-state index in [1.54, 1.807) is 30.3 Å². The fourth-order valence-corrected chi connectivity index (χ4v) is 0.980. The highest BCUT2D eigenvalue weighted by molar-refractivity contribution is 6.11. The molecule has 0 saturated carbocycles. The molecular weight excluding hydrogens is 204 g/mol. The first-order chi connectivity index (χ1) is 7.77. The van der Waals surface area contributed by atoms with Gasteiger partial charge < -0.3 is 0 Å². The third kappa shape index (κ3) is 3.24. The summed E-state index contributed by atoms with van der Waals surface area (Å²) >= 11 is 0. The maximum atomic E-state index is 10.9. The third-order valence-corrected chi connectivity index (χ3v) is 1.69. The van der Waals surface area contributed by atoms with E-state index in [0.717, 1.165) is 0 Å². The van der Waals surface area contributed by atoms with Crippen molar-refractivity contribution < 1.29 is 4.79 Å². The Bertz CT molecular complexity index is 479. The van der Waals surface area contributed by atoms with Gasteiger partial charge in [0.1, 0.15) is 12.5 Å². The van der Waals surface area contributed by atoms with Crippen LogP contribution in [0.25, 0.3) is 0 Å². The van der Waals surface area contributed by atoms with Crippen LogP contribution >= 0.6 is 0 Å². The Morgan fingerprint density at radius 3 is 2.56 bits per heavy atom. The molecule has 0 radical (unpaired) electrons. The van der Waals surface area contributed by atoms with Gasteiger partial charge in [-0.1, -0.05) is 30.3 Å². The Kier molecular flexibility index (Phi) is 4.24. The van der Waals surface area contributed by atoms with Gasteiger partial charge in [0.05, 0.1) is 6.07 Å². The summed E-state index contributed by atoms with van der Waals surface area (Å²) in [6.07, 6.45) is -0.281. The monoisotopic (exact) mass is 212 g/mol. The number of carbonyl (C=O) groups excluding carboxylic acids is 1. The van der Waals surface area contributed by atoms with Gasteiger partial charge in [0.2, 0.25) is 0 Å². The van der Waals surface area contributed by atoms with Crippen LogP contribution in [0, 0.1) is 22.7 Å². The lowest BCUT2D eigenvalue weighted by Gasteiger charge is -1.98. The van der Waals surface area contributed by atoms with Crippen molar-refractivity contribution in [2.45, 2.75) is 6.42 Å². The summed E-state index contributed by atoms with van der Waals surface area (Å²) in [5, 5.41) is 20.7. The summed E-state index contributed by atoms with van der Waals surface area (Å²) in [4.78, 5) is 10.9. The average Bonchev–Trinajstić information content (AvgIpc) is 2.31. The van der Waals surface area contributed by atoms with Gasteiger partial charge in [0.25, 0.3) is 5.91 Å². The number of nitrogens with one attached hydrogen (secondary N) is 1. The molecule has 16 heavy (non-hydrogen) atoms. The van der Waals surface area contributed by atoms with Crippen molar-refractivity contribution in [1.82, 2.24) is 5.43 Å². The van der Waals surface area contributed by atoms with Crippen molar-refractivity contribution in [3.63, 3.8) is 0 Å². The Hall–Kier alpha value is -2.66. The lowest BCUT2D eigenvalue weighted by Crippen LogP contribution is -2.18. The summed E-state index contributed by atoms with van der Waals surface area (Å²) in [6.45, 7) is 0. The topological polar surface area (TPSA) is 89.0 Å². The summed E-state index contributed by atoms with van der Waals surface area (Å²) < 4.78 is 0. The Labute approximate surface area is 92.6 Å². The van der Waals surface area contributed by atoms with Crippen LogP contribution in [0.4, 0.5) is 0 Å². The number of hydrogen-bond acceptors (Lipinski definition) is 4. The Morgan fingerprint density at radius 1 is 1.31 bits per heavy atom. The van der Waals surface area contributed by atoms with Gasteiger partial charge in [-0.05, 0) is 0 Å². The maximum absolute atomic E-state index is 10.9. The minimum atomic E-state index is -0.536. The van der Waals surface area contributed by atoms with Crippen molar-refractivity contribution in [2.24, 2.45) is 5.10 Å². The highest BCUT2D eigenvalue weighted by Gasteiger charge is 2.02. The number of nitrogens with zero attached hydrogens (tertiary/aromatic N) is 3. The normalized spacial score (nSPS) is 10.0. The summed E-state index contributed by atoms with van der Waals surface area (Å²) in [7, 11) is 0. The lowest BCUT2D eigenvalue weighted by atomic mass is 10.1. The number of carbonyl (C=O) groups is 1. The van der Waals surface area contributed by atoms with Gasteiger partial charge in [-0.15, -0.1) is 0 Å². The summed E-state index contributed by atoms with van der Waals surface area (Å²) in [5.74, 6) is -0.536. The fraction of sp³-hybridized carbons (Fsp3) is 0.0909. The third-order valence-electron chi connectivity index (χ3n) is 1.69. The molecule has 5 nitrogen and oxygen atoms in total. The number of hydrazone groups is 1. The molecule has 78 valence electrons. The number of amides is 1. The van der Waals surface area contributed by atoms with E-state index in [0.29, 0.717) is 5.56 Å². The van der Waals surface area contributed by atoms with Crippen LogP contribution < -0.4 is 5.43 Å². The molecule has 0 aliphatic rings. The van der Waals surface area contributed by atoms with Crippen LogP contribution in [0.3, 0.4) is 0 Å². The molecule has 1 aromatic carbocycles. The zero-order valence-corrected chi connectivity index (χ0v) is 8.34. The van der Waals surface area contributed by atoms with Gasteiger partial charge >= 0.3 is 0 Å². The van der Waals surface area contributed by atoms with Crippen LogP contribution in [0.15, 0.2) is 35.4 Å². The summed E-state index contributed by atoms with van der Waals surface area (Å²) in [6, 6.07) is 12.3. The van der Waals surface area contributed by atoms with E-state index in [-0.39, 0.29) is 12.1 Å². The predicted molar refractivity (Wildman–Crippen MR) is 57.0 cm³/mol. The first-order valence-electron chi connectivity index (χ1n) is 4.47. The molecule has 0 aliphatic carbocycles. The van der Waals surface area contributed by atoms with Gasteiger partial charge in [-0.25, -0.2) is 5.43 Å². The van der Waals surface area contributed by atoms with Crippen LogP contribution in [-0.2, 0) is 4.79 Å². The van der Waals surface area contributed by atoms with Crippen LogP contribution in [0.2, 0.25) is 0 Å². The second-order valence-electron chi connectivity index (χ2n) is 2.81. The van der Waals surface area contributed by atoms with Gasteiger partial charge in [0, 0.05) is 5.56 Å². The predicted octanol–water partition coefficient (Wildman–Crippen LogP) is 0.944. The molecule has 1 N–H and O–H groups in total. The minimum absolute atomic E-state index is 0.104. The SMILES string of the molecule is N#CCC(=O)N/N=C(\C#N)c1ccccc1. The van der Waals surface area contributed by atoms with Crippen LogP contribution in [0.5, 0.6) is 0 Å². The molecule has 0 heterocycles. The van der Waals surface area contributed by atoms with E-state index in [2.05, 4.69) is 10.5 Å². The van der Waals surface area contributed by atoms with Crippen LogP contribution in [0.1, 0.15) is 12.0 Å². The molecule has 0 spiro atoms. The van der Waals surface area contributed by atoms with Crippen molar-refractivity contribution in [2.75, 3.05) is 0 Å². The van der Waals surface area contributed by atoms with E-state index in [1.165, 1.54) is 0 Å². The molecule has 0 unspecified atom stereocenters. The zero-order valence-electron chi connectivity index (χ0n) is 8.34. The number of benzene rings is 1. The van der Waals surface area contributed by atoms with Gasteiger partial charge in [-0.2, -0.15) is 15.6 Å². The van der Waals surface area contributed by atoms with Crippen molar-refractivity contribution >= 4 is 11.6 Å². The fourth-order valence-electron chi connectivity index (χ4n) is 0.980. The molecule has 1 aromatic rings. The molecule has 5 heteroatoms. The molecule has 0 saturated heterocycles. The largest absolute Gasteiger partial charge is 0.272 e. The molecule has 0 atom stereocenters. The second-order valence-corrected chi connectivity index (χ2v) is 2.81. The quantitative estimate of drug-likeness (QED) is 0.597. The second kappa shape index (κ2) is 5.94. The van der Waals surface area contributed by atoms with Gasteiger partial charge in [-0.3, -0.25) is 4.79 Å². The summed E-state index contributed by atoms with van der Waals surface area (Å²) in [5.41, 5.74) is 2.85. The molecular formula is C11H8N4O. The molecule has 1 amide bonds. The zero-order chi connectivity index (χ0) is 11.8. The van der Waals surface area contributed by atoms with Crippen molar-refractivity contribution in [3.05, 3.63) is 35.9 Å². The first-order valence-corrected chi connectivity index (χ1v) is 4.47. The average molecular weight is 212 g/mol. The van der Waals surface area contributed by atoms with E-state index in [1.807, 2.05) is 12.1 Å². The molecule has 1 rings (SSSR count). The minimum Gasteiger partial charge on any atom is -0.272 e. The molecule has 0 bridgehead atoms.